The van der Waals surface area contributed by atoms with Crippen LogP contribution < -0.4 is 5.32 Å². The van der Waals surface area contributed by atoms with Gasteiger partial charge < -0.3 is 10.1 Å². The van der Waals surface area contributed by atoms with Crippen molar-refractivity contribution in [3.8, 4) is 0 Å². The number of nitro groups is 1. The molecule has 0 bridgehead atoms. The summed E-state index contributed by atoms with van der Waals surface area (Å²) in [5, 5.41) is 13.9. The Morgan fingerprint density at radius 2 is 1.71 bits per heavy atom. The highest BCUT2D eigenvalue weighted by Gasteiger charge is 2.27. The second-order valence-corrected chi connectivity index (χ2v) is 7.01. The van der Waals surface area contributed by atoms with Crippen LogP contribution in [-0.2, 0) is 16.0 Å². The maximum absolute atomic E-state index is 13.0. The zero-order valence-electron chi connectivity index (χ0n) is 17.2. The second kappa shape index (κ2) is 9.67. The monoisotopic (exact) mass is 418 g/mol. The van der Waals surface area contributed by atoms with Gasteiger partial charge in [0, 0.05) is 11.6 Å². The third kappa shape index (κ3) is 5.33. The minimum atomic E-state index is -1.28. The number of aryl methyl sites for hydroxylation is 2. The van der Waals surface area contributed by atoms with Crippen LogP contribution >= 0.6 is 0 Å². The molecule has 0 heterocycles. The van der Waals surface area contributed by atoms with Gasteiger partial charge in [-0.3, -0.25) is 14.9 Å². The largest absolute Gasteiger partial charge is 0.444 e. The van der Waals surface area contributed by atoms with E-state index in [-0.39, 0.29) is 11.4 Å². The number of hydrogen-bond acceptors (Lipinski definition) is 5. The molecule has 1 N–H and O–H groups in total. The van der Waals surface area contributed by atoms with Crippen molar-refractivity contribution in [3.63, 3.8) is 0 Å². The van der Waals surface area contributed by atoms with Crippen molar-refractivity contribution in [2.24, 2.45) is 0 Å². The number of carbonyl (C=O) groups excluding carboxylic acids is 2. The number of nitrogens with one attached hydrogen (secondary N) is 1. The molecule has 1 amide bonds. The molecule has 0 saturated heterocycles. The van der Waals surface area contributed by atoms with Gasteiger partial charge in [-0.05, 0) is 42.7 Å². The third-order valence-corrected chi connectivity index (χ3v) is 4.77. The van der Waals surface area contributed by atoms with Crippen molar-refractivity contribution in [3.05, 3.63) is 105 Å². The molecule has 0 aliphatic rings. The van der Waals surface area contributed by atoms with Gasteiger partial charge in [0.1, 0.15) is 5.69 Å². The second-order valence-electron chi connectivity index (χ2n) is 7.01. The Hall–Kier alpha value is -4.00. The quantitative estimate of drug-likeness (QED) is 0.331. The van der Waals surface area contributed by atoms with Crippen LogP contribution in [-0.4, -0.2) is 16.8 Å². The molecule has 3 rings (SSSR count). The molecule has 0 unspecified atom stereocenters. The number of amides is 1. The summed E-state index contributed by atoms with van der Waals surface area (Å²) in [6.45, 7) is 3.73. The molecule has 0 radical (unpaired) electrons. The van der Waals surface area contributed by atoms with E-state index in [1.54, 1.807) is 55.5 Å². The summed E-state index contributed by atoms with van der Waals surface area (Å²) >= 11 is 0. The van der Waals surface area contributed by atoms with Crippen LogP contribution in [0.2, 0.25) is 0 Å². The topological polar surface area (TPSA) is 98.5 Å². The Bertz CT molecular complexity index is 1090. The highest BCUT2D eigenvalue weighted by molar-refractivity contribution is 5.99. The van der Waals surface area contributed by atoms with Crippen LogP contribution in [0.4, 0.5) is 11.4 Å². The van der Waals surface area contributed by atoms with Crippen LogP contribution in [0.5, 0.6) is 0 Å². The van der Waals surface area contributed by atoms with Gasteiger partial charge in [0.2, 0.25) is 6.10 Å². The molecule has 1 atom stereocenters. The van der Waals surface area contributed by atoms with Gasteiger partial charge >= 0.3 is 5.97 Å². The predicted octanol–water partition coefficient (Wildman–Crippen LogP) is 5.00. The average Bonchev–Trinajstić information content (AvgIpc) is 2.78. The molecule has 0 aliphatic carbocycles. The molecular weight excluding hydrogens is 396 g/mol. The molecule has 0 aliphatic heterocycles. The van der Waals surface area contributed by atoms with E-state index in [0.29, 0.717) is 16.7 Å². The SMILES string of the molecule is CCc1ccc(C(=O)O[C@H](C(=O)Nc2ccc(C)cc2[N+](=O)[O-])c2ccccc2)cc1. The maximum atomic E-state index is 13.0. The predicted molar refractivity (Wildman–Crippen MR) is 117 cm³/mol. The smallest absolute Gasteiger partial charge is 0.339 e. The molecule has 0 aromatic heterocycles. The van der Waals surface area contributed by atoms with Gasteiger partial charge in [-0.15, -0.1) is 0 Å². The standard InChI is InChI=1S/C24H22N2O5/c1-3-17-10-12-19(13-11-17)24(28)31-22(18-7-5-4-6-8-18)23(27)25-20-14-9-16(2)15-21(20)26(29)30/h4-15,22H,3H2,1-2H3,(H,25,27)/t22-/m0/s1. The summed E-state index contributed by atoms with van der Waals surface area (Å²) in [5.41, 5.74) is 2.32. The zero-order valence-corrected chi connectivity index (χ0v) is 17.2. The Morgan fingerprint density at radius 3 is 2.32 bits per heavy atom. The van der Waals surface area contributed by atoms with Gasteiger partial charge in [0.15, 0.2) is 0 Å². The molecular formula is C24H22N2O5. The fraction of sp³-hybridized carbons (Fsp3) is 0.167. The average molecular weight is 418 g/mol. The van der Waals surface area contributed by atoms with E-state index in [2.05, 4.69) is 5.32 Å². The number of benzene rings is 3. The lowest BCUT2D eigenvalue weighted by Gasteiger charge is -2.18. The number of hydrogen-bond donors (Lipinski definition) is 1. The molecule has 0 spiro atoms. The Kier molecular flexibility index (Phi) is 6.77. The zero-order chi connectivity index (χ0) is 22.4. The Labute approximate surface area is 179 Å². The van der Waals surface area contributed by atoms with Crippen molar-refractivity contribution in [1.29, 1.82) is 0 Å². The highest BCUT2D eigenvalue weighted by Crippen LogP contribution is 2.28. The molecule has 3 aromatic carbocycles. The van der Waals surface area contributed by atoms with Gasteiger partial charge in [0.05, 0.1) is 10.5 Å². The summed E-state index contributed by atoms with van der Waals surface area (Å²) in [5.74, 6) is -1.35. The summed E-state index contributed by atoms with van der Waals surface area (Å²) in [7, 11) is 0. The fourth-order valence-corrected chi connectivity index (χ4v) is 3.05. The third-order valence-electron chi connectivity index (χ3n) is 4.77. The number of ether oxygens (including phenoxy) is 1. The minimum absolute atomic E-state index is 0.0323. The number of nitro benzene ring substituents is 1. The van der Waals surface area contributed by atoms with E-state index in [0.717, 1.165) is 12.0 Å². The van der Waals surface area contributed by atoms with Gasteiger partial charge in [-0.2, -0.15) is 0 Å². The first-order valence-electron chi connectivity index (χ1n) is 9.79. The molecule has 3 aromatic rings. The van der Waals surface area contributed by atoms with E-state index in [1.165, 1.54) is 12.1 Å². The van der Waals surface area contributed by atoms with Crippen LogP contribution in [0.15, 0.2) is 72.8 Å². The summed E-state index contributed by atoms with van der Waals surface area (Å²) < 4.78 is 5.53. The summed E-state index contributed by atoms with van der Waals surface area (Å²) in [6.07, 6.45) is -0.444. The number of rotatable bonds is 7. The Balaban J connectivity index is 1.88. The van der Waals surface area contributed by atoms with Crippen molar-refractivity contribution < 1.29 is 19.2 Å². The summed E-state index contributed by atoms with van der Waals surface area (Å²) in [4.78, 5) is 36.5. The van der Waals surface area contributed by atoms with Gasteiger partial charge in [-0.1, -0.05) is 55.5 Å². The molecule has 0 fully saturated rings. The van der Waals surface area contributed by atoms with Crippen LogP contribution in [0.1, 0.15) is 40.1 Å². The van der Waals surface area contributed by atoms with Gasteiger partial charge in [-0.25, -0.2) is 4.79 Å². The van der Waals surface area contributed by atoms with E-state index in [4.69, 9.17) is 4.74 Å². The van der Waals surface area contributed by atoms with E-state index >= 15 is 0 Å². The number of anilines is 1. The maximum Gasteiger partial charge on any atom is 0.339 e. The van der Waals surface area contributed by atoms with Crippen molar-refractivity contribution >= 4 is 23.3 Å². The molecule has 31 heavy (non-hydrogen) atoms. The first-order valence-corrected chi connectivity index (χ1v) is 9.79. The molecule has 7 nitrogen and oxygen atoms in total. The number of nitrogens with zero attached hydrogens (tertiary/aromatic N) is 1. The van der Waals surface area contributed by atoms with E-state index in [9.17, 15) is 19.7 Å². The molecule has 0 saturated carbocycles. The van der Waals surface area contributed by atoms with Crippen molar-refractivity contribution in [2.75, 3.05) is 5.32 Å². The van der Waals surface area contributed by atoms with Crippen molar-refractivity contribution in [1.82, 2.24) is 0 Å². The van der Waals surface area contributed by atoms with Crippen LogP contribution in [0, 0.1) is 17.0 Å². The summed E-state index contributed by atoms with van der Waals surface area (Å²) in [6, 6.07) is 19.9. The normalized spacial score (nSPS) is 11.4. The number of carbonyl (C=O) groups is 2. The minimum Gasteiger partial charge on any atom is -0.444 e. The fourth-order valence-electron chi connectivity index (χ4n) is 3.05. The first-order chi connectivity index (χ1) is 14.9. The lowest BCUT2D eigenvalue weighted by Crippen LogP contribution is -2.26. The van der Waals surface area contributed by atoms with Crippen molar-refractivity contribution in [2.45, 2.75) is 26.4 Å². The van der Waals surface area contributed by atoms with Crippen LogP contribution in [0.3, 0.4) is 0 Å². The van der Waals surface area contributed by atoms with E-state index < -0.39 is 22.9 Å². The highest BCUT2D eigenvalue weighted by atomic mass is 16.6. The lowest BCUT2D eigenvalue weighted by atomic mass is 10.1. The Morgan fingerprint density at radius 1 is 1.03 bits per heavy atom. The van der Waals surface area contributed by atoms with E-state index in [1.807, 2.05) is 19.1 Å². The molecule has 7 heteroatoms. The first kappa shape index (κ1) is 21.7. The van der Waals surface area contributed by atoms with Gasteiger partial charge in [0.25, 0.3) is 11.6 Å². The number of esters is 1. The lowest BCUT2D eigenvalue weighted by molar-refractivity contribution is -0.384. The molecule has 158 valence electrons. The van der Waals surface area contributed by atoms with Crippen LogP contribution in [0.25, 0.3) is 0 Å².